The Labute approximate surface area is 187 Å². The molecule has 0 saturated carbocycles. The van der Waals surface area contributed by atoms with Crippen LogP contribution in [0.4, 0.5) is 0 Å². The van der Waals surface area contributed by atoms with Gasteiger partial charge in [0.25, 0.3) is 0 Å². The van der Waals surface area contributed by atoms with Crippen LogP contribution in [-0.4, -0.2) is 56.5 Å². The smallest absolute Gasteiger partial charge is 0.456 e. The SMILES string of the molecule is CCC/C(=C\c1cc(Br)ccc1O)CC[C@H]1OB(O)C[C@H]2C1=C(COC)CS2(=O)=O. The van der Waals surface area contributed by atoms with Gasteiger partial charge in [-0.1, -0.05) is 40.9 Å². The number of halogens is 1. The molecule has 164 valence electrons. The van der Waals surface area contributed by atoms with Crippen molar-refractivity contribution in [3.05, 3.63) is 45.0 Å². The fraction of sp³-hybridized carbons (Fsp3) is 0.524. The van der Waals surface area contributed by atoms with Gasteiger partial charge in [0.1, 0.15) is 5.75 Å². The zero-order chi connectivity index (χ0) is 21.9. The minimum Gasteiger partial charge on any atom is -0.507 e. The predicted octanol–water partition coefficient (Wildman–Crippen LogP) is 3.74. The normalized spacial score (nSPS) is 23.7. The standard InChI is InChI=1S/C21H28BBrO6S/c1-3-4-14(9-15-10-17(23)6-7-18(15)24)5-8-19-21-16(12-28-2)13-30(26,27)20(21)11-22(25)29-19/h6-7,9-10,19-20,24-25H,3-5,8,11-13H2,1-2H3/b14-9+/t19-,20+/m1/s1. The van der Waals surface area contributed by atoms with Crippen molar-refractivity contribution < 1.29 is 27.9 Å². The molecule has 0 unspecified atom stereocenters. The lowest BCUT2D eigenvalue weighted by atomic mass is 9.74. The number of methoxy groups -OCH3 is 1. The van der Waals surface area contributed by atoms with Gasteiger partial charge in [0.15, 0.2) is 9.84 Å². The van der Waals surface area contributed by atoms with E-state index in [9.17, 15) is 18.5 Å². The average Bonchev–Trinajstić information content (AvgIpc) is 2.93. The van der Waals surface area contributed by atoms with Crippen molar-refractivity contribution in [1.82, 2.24) is 0 Å². The van der Waals surface area contributed by atoms with Crippen LogP contribution >= 0.6 is 15.9 Å². The zero-order valence-corrected chi connectivity index (χ0v) is 19.7. The van der Waals surface area contributed by atoms with E-state index in [1.165, 1.54) is 0 Å². The van der Waals surface area contributed by atoms with Crippen LogP contribution in [-0.2, 0) is 19.2 Å². The van der Waals surface area contributed by atoms with Gasteiger partial charge in [0.05, 0.1) is 23.7 Å². The van der Waals surface area contributed by atoms with Gasteiger partial charge < -0.3 is 19.5 Å². The topological polar surface area (TPSA) is 93.1 Å². The quantitative estimate of drug-likeness (QED) is 0.419. The highest BCUT2D eigenvalue weighted by atomic mass is 79.9. The summed E-state index contributed by atoms with van der Waals surface area (Å²) in [6.07, 6.45) is 4.63. The fourth-order valence-electron chi connectivity index (χ4n) is 4.35. The van der Waals surface area contributed by atoms with E-state index in [1.54, 1.807) is 19.2 Å². The number of ether oxygens (including phenoxy) is 1. The summed E-state index contributed by atoms with van der Waals surface area (Å²) in [5.41, 5.74) is 3.40. The molecule has 2 heterocycles. The highest BCUT2D eigenvalue weighted by Crippen LogP contribution is 2.40. The predicted molar refractivity (Wildman–Crippen MR) is 122 cm³/mol. The molecule has 2 aliphatic heterocycles. The fourth-order valence-corrected chi connectivity index (χ4v) is 6.83. The van der Waals surface area contributed by atoms with Gasteiger partial charge in [-0.2, -0.15) is 0 Å². The third-order valence-corrected chi connectivity index (χ3v) is 8.17. The van der Waals surface area contributed by atoms with E-state index in [4.69, 9.17) is 9.39 Å². The first kappa shape index (κ1) is 23.5. The monoisotopic (exact) mass is 498 g/mol. The molecule has 2 N–H and O–H groups in total. The van der Waals surface area contributed by atoms with Crippen LogP contribution in [0.15, 0.2) is 39.4 Å². The summed E-state index contributed by atoms with van der Waals surface area (Å²) >= 11 is 3.43. The van der Waals surface area contributed by atoms with Gasteiger partial charge >= 0.3 is 7.12 Å². The van der Waals surface area contributed by atoms with Crippen molar-refractivity contribution in [3.63, 3.8) is 0 Å². The number of allylic oxidation sites excluding steroid dienone is 1. The Morgan fingerprint density at radius 3 is 2.87 bits per heavy atom. The number of phenols is 1. The van der Waals surface area contributed by atoms with Crippen LogP contribution in [0.3, 0.4) is 0 Å². The third kappa shape index (κ3) is 5.37. The molecule has 0 spiro atoms. The zero-order valence-electron chi connectivity index (χ0n) is 17.3. The maximum Gasteiger partial charge on any atom is 0.456 e. The molecule has 0 bridgehead atoms. The van der Waals surface area contributed by atoms with Crippen molar-refractivity contribution in [1.29, 1.82) is 0 Å². The van der Waals surface area contributed by atoms with Crippen LogP contribution < -0.4 is 0 Å². The molecule has 3 rings (SSSR count). The molecule has 1 aromatic rings. The number of aromatic hydroxyl groups is 1. The van der Waals surface area contributed by atoms with E-state index >= 15 is 0 Å². The minimum atomic E-state index is -3.34. The molecule has 1 saturated heterocycles. The number of sulfone groups is 1. The second-order valence-electron chi connectivity index (χ2n) is 7.90. The molecule has 0 radical (unpaired) electrons. The lowest BCUT2D eigenvalue weighted by Gasteiger charge is -2.32. The molecule has 2 aliphatic rings. The van der Waals surface area contributed by atoms with E-state index in [1.807, 2.05) is 12.1 Å². The summed E-state index contributed by atoms with van der Waals surface area (Å²) in [4.78, 5) is 0. The molecule has 6 nitrogen and oxygen atoms in total. The van der Waals surface area contributed by atoms with Crippen LogP contribution in [0.1, 0.15) is 38.2 Å². The van der Waals surface area contributed by atoms with Gasteiger partial charge in [0.2, 0.25) is 0 Å². The van der Waals surface area contributed by atoms with Crippen molar-refractivity contribution in [3.8, 4) is 5.75 Å². The molecule has 0 aromatic heterocycles. The lowest BCUT2D eigenvalue weighted by molar-refractivity contribution is 0.166. The van der Waals surface area contributed by atoms with E-state index in [2.05, 4.69) is 22.9 Å². The molecule has 9 heteroatoms. The summed E-state index contributed by atoms with van der Waals surface area (Å²) in [5, 5.41) is 19.6. The molecule has 0 aliphatic carbocycles. The van der Waals surface area contributed by atoms with E-state index in [0.717, 1.165) is 39.6 Å². The van der Waals surface area contributed by atoms with Gasteiger partial charge in [-0.3, -0.25) is 0 Å². The van der Waals surface area contributed by atoms with Crippen molar-refractivity contribution in [2.24, 2.45) is 0 Å². The Balaban J connectivity index is 1.84. The molecule has 2 atom stereocenters. The number of fused-ring (bicyclic) bond motifs is 1. The maximum atomic E-state index is 12.6. The molecule has 0 amide bonds. The van der Waals surface area contributed by atoms with E-state index in [-0.39, 0.29) is 24.4 Å². The highest BCUT2D eigenvalue weighted by molar-refractivity contribution is 9.10. The number of hydrogen-bond donors (Lipinski definition) is 2. The first-order valence-electron chi connectivity index (χ1n) is 10.2. The Hall–Kier alpha value is -1.13. The van der Waals surface area contributed by atoms with Crippen molar-refractivity contribution in [2.45, 2.75) is 50.3 Å². The second kappa shape index (κ2) is 10.00. The molecular formula is C21H28BBrO6S. The summed E-state index contributed by atoms with van der Waals surface area (Å²) in [5.74, 6) is 0.181. The highest BCUT2D eigenvalue weighted by Gasteiger charge is 2.48. The van der Waals surface area contributed by atoms with Crippen LogP contribution in [0.5, 0.6) is 5.75 Å². The van der Waals surface area contributed by atoms with E-state index in [0.29, 0.717) is 12.8 Å². The first-order chi connectivity index (χ1) is 14.2. The number of hydrogen-bond acceptors (Lipinski definition) is 6. The summed E-state index contributed by atoms with van der Waals surface area (Å²) in [6.45, 7) is 2.35. The number of benzene rings is 1. The Bertz CT molecular complexity index is 943. The lowest BCUT2D eigenvalue weighted by Crippen LogP contribution is -2.42. The number of phenolic OH excluding ortho intramolecular Hbond substituents is 1. The second-order valence-corrected chi connectivity index (χ2v) is 11.0. The average molecular weight is 499 g/mol. The van der Waals surface area contributed by atoms with Crippen LogP contribution in [0.2, 0.25) is 6.32 Å². The Kier molecular flexibility index (Phi) is 7.84. The number of rotatable bonds is 8. The summed E-state index contributed by atoms with van der Waals surface area (Å²) < 4.78 is 37.1. The largest absolute Gasteiger partial charge is 0.507 e. The first-order valence-corrected chi connectivity index (χ1v) is 12.7. The van der Waals surface area contributed by atoms with Gasteiger partial charge in [-0.25, -0.2) is 8.42 Å². The van der Waals surface area contributed by atoms with Crippen molar-refractivity contribution >= 4 is 39.0 Å². The molecule has 30 heavy (non-hydrogen) atoms. The summed E-state index contributed by atoms with van der Waals surface area (Å²) in [6, 6.07) is 5.30. The third-order valence-electron chi connectivity index (χ3n) is 5.61. The van der Waals surface area contributed by atoms with Crippen LogP contribution in [0, 0.1) is 0 Å². The van der Waals surface area contributed by atoms with Crippen molar-refractivity contribution in [2.75, 3.05) is 19.5 Å². The summed E-state index contributed by atoms with van der Waals surface area (Å²) in [7, 11) is -2.88. The van der Waals surface area contributed by atoms with Gasteiger partial charge in [0, 0.05) is 23.5 Å². The molecule has 1 aromatic carbocycles. The van der Waals surface area contributed by atoms with Crippen LogP contribution in [0.25, 0.3) is 6.08 Å². The minimum absolute atomic E-state index is 0.0308. The molecule has 1 fully saturated rings. The molecular weight excluding hydrogens is 471 g/mol. The maximum absolute atomic E-state index is 12.6. The Morgan fingerprint density at radius 2 is 2.17 bits per heavy atom. The van der Waals surface area contributed by atoms with Gasteiger partial charge in [-0.05, 0) is 48.6 Å². The van der Waals surface area contributed by atoms with Gasteiger partial charge in [-0.15, -0.1) is 0 Å². The van der Waals surface area contributed by atoms with E-state index < -0.39 is 28.3 Å². The Morgan fingerprint density at radius 1 is 1.40 bits per heavy atom.